The van der Waals surface area contributed by atoms with Crippen molar-refractivity contribution in [2.45, 2.75) is 18.2 Å². The molecule has 4 rings (SSSR count). The lowest BCUT2D eigenvalue weighted by molar-refractivity contribution is -0.138. The Morgan fingerprint density at radius 1 is 1.00 bits per heavy atom. The molecule has 0 spiro atoms. The fourth-order valence-corrected chi connectivity index (χ4v) is 4.09. The number of nitrogens with one attached hydrogen (secondary N) is 1. The number of hydrogen-bond acceptors (Lipinski definition) is 5. The number of para-hydroxylation sites is 1. The number of fused-ring (bicyclic) bond motifs is 1. The minimum Gasteiger partial charge on any atom is -0.386 e. The van der Waals surface area contributed by atoms with Crippen LogP contribution in [0.2, 0.25) is 0 Å². The van der Waals surface area contributed by atoms with Crippen molar-refractivity contribution in [3.8, 4) is 0 Å². The van der Waals surface area contributed by atoms with Crippen LogP contribution in [0.15, 0.2) is 66.7 Å². The van der Waals surface area contributed by atoms with Crippen LogP contribution in [0.1, 0.15) is 11.7 Å². The molecule has 2 amide bonds. The maximum absolute atomic E-state index is 12.8. The minimum atomic E-state index is -0.862. The molecular formula is C21H20IN3O3. The van der Waals surface area contributed by atoms with Gasteiger partial charge in [-0.2, -0.15) is 0 Å². The molecule has 28 heavy (non-hydrogen) atoms. The van der Waals surface area contributed by atoms with Gasteiger partial charge in [0, 0.05) is 16.3 Å². The van der Waals surface area contributed by atoms with Crippen molar-refractivity contribution in [1.82, 2.24) is 9.91 Å². The molecule has 2 aliphatic rings. The third-order valence-electron chi connectivity index (χ3n) is 5.24. The highest BCUT2D eigenvalue weighted by molar-refractivity contribution is 14.1. The van der Waals surface area contributed by atoms with Gasteiger partial charge in [-0.15, -0.1) is 0 Å². The van der Waals surface area contributed by atoms with E-state index < -0.39 is 24.1 Å². The van der Waals surface area contributed by atoms with E-state index in [2.05, 4.69) is 28.0 Å². The zero-order valence-electron chi connectivity index (χ0n) is 15.2. The molecule has 2 aromatic rings. The van der Waals surface area contributed by atoms with Crippen LogP contribution in [0.4, 0.5) is 5.69 Å². The van der Waals surface area contributed by atoms with Crippen LogP contribution in [-0.2, 0) is 9.59 Å². The molecule has 4 unspecified atom stereocenters. The predicted octanol–water partition coefficient (Wildman–Crippen LogP) is 2.58. The summed E-state index contributed by atoms with van der Waals surface area (Å²) in [5.74, 6) is -1.07. The van der Waals surface area contributed by atoms with Gasteiger partial charge in [-0.05, 0) is 52.4 Å². The molecule has 2 N–H and O–H groups in total. The number of carbonyl (C=O) groups excluding carboxylic acids is 2. The van der Waals surface area contributed by atoms with Gasteiger partial charge in [0.1, 0.15) is 6.04 Å². The zero-order valence-corrected chi connectivity index (χ0v) is 17.4. The fraction of sp³-hybridized carbons (Fsp3) is 0.238. The average molecular weight is 489 g/mol. The Bertz CT molecular complexity index is 916. The molecular weight excluding hydrogens is 469 g/mol. The van der Waals surface area contributed by atoms with Crippen molar-refractivity contribution in [3.05, 3.63) is 75.9 Å². The molecule has 2 heterocycles. The maximum atomic E-state index is 12.8. The lowest BCUT2D eigenvalue weighted by Crippen LogP contribution is -2.55. The van der Waals surface area contributed by atoms with Gasteiger partial charge < -0.3 is 10.5 Å². The SMILES string of the molecule is CN1C(=O)C2C=CC(C(O)c3ccc(I)cc3)N(Nc3ccccc3)C2C1=O. The number of hydrogen-bond donors (Lipinski definition) is 2. The number of hydrazine groups is 1. The van der Waals surface area contributed by atoms with Gasteiger partial charge in [0.15, 0.2) is 0 Å². The van der Waals surface area contributed by atoms with Crippen LogP contribution in [0.3, 0.4) is 0 Å². The topological polar surface area (TPSA) is 72.9 Å². The number of rotatable bonds is 4. The van der Waals surface area contributed by atoms with Gasteiger partial charge in [0.25, 0.3) is 0 Å². The largest absolute Gasteiger partial charge is 0.386 e. The van der Waals surface area contributed by atoms with E-state index in [1.807, 2.05) is 60.7 Å². The second-order valence-electron chi connectivity index (χ2n) is 6.96. The third-order valence-corrected chi connectivity index (χ3v) is 5.96. The van der Waals surface area contributed by atoms with E-state index in [1.165, 1.54) is 11.9 Å². The number of imide groups is 1. The first-order valence-electron chi connectivity index (χ1n) is 9.00. The fourth-order valence-electron chi connectivity index (χ4n) is 3.73. The highest BCUT2D eigenvalue weighted by atomic mass is 127. The Kier molecular flexibility index (Phi) is 5.22. The van der Waals surface area contributed by atoms with E-state index in [9.17, 15) is 14.7 Å². The van der Waals surface area contributed by atoms with Gasteiger partial charge >= 0.3 is 0 Å². The molecule has 2 aliphatic heterocycles. The molecule has 4 atom stereocenters. The quantitative estimate of drug-likeness (QED) is 0.393. The number of amides is 2. The van der Waals surface area contributed by atoms with E-state index in [0.29, 0.717) is 0 Å². The standard InChI is InChI=1S/C21H20IN3O3/c1-24-20(27)16-11-12-17(19(26)13-7-9-14(22)10-8-13)25(18(16)21(24)28)23-15-5-3-2-4-6-15/h2-12,16-19,23,26H,1H3. The number of aliphatic hydroxyl groups excluding tert-OH is 1. The van der Waals surface area contributed by atoms with Crippen LogP contribution >= 0.6 is 22.6 Å². The maximum Gasteiger partial charge on any atom is 0.249 e. The Morgan fingerprint density at radius 2 is 1.68 bits per heavy atom. The summed E-state index contributed by atoms with van der Waals surface area (Å²) in [5, 5.41) is 12.8. The third kappa shape index (κ3) is 3.34. The smallest absolute Gasteiger partial charge is 0.249 e. The van der Waals surface area contributed by atoms with E-state index >= 15 is 0 Å². The zero-order chi connectivity index (χ0) is 19.8. The number of nitrogens with zero attached hydrogens (tertiary/aromatic N) is 2. The average Bonchev–Trinajstić information content (AvgIpc) is 2.93. The number of halogens is 1. The molecule has 0 aromatic heterocycles. The van der Waals surface area contributed by atoms with Crippen molar-refractivity contribution in [3.63, 3.8) is 0 Å². The summed E-state index contributed by atoms with van der Waals surface area (Å²) >= 11 is 2.21. The van der Waals surface area contributed by atoms with Crippen molar-refractivity contribution >= 4 is 40.1 Å². The first-order valence-corrected chi connectivity index (χ1v) is 10.1. The number of likely N-dealkylation sites (N-methyl/N-ethyl adjacent to an activating group) is 1. The Balaban J connectivity index is 1.72. The van der Waals surface area contributed by atoms with Crippen LogP contribution in [-0.4, -0.2) is 46.0 Å². The lowest BCUT2D eigenvalue weighted by atomic mass is 9.90. The molecule has 2 aromatic carbocycles. The van der Waals surface area contributed by atoms with Crippen molar-refractivity contribution in [2.24, 2.45) is 5.92 Å². The summed E-state index contributed by atoms with van der Waals surface area (Å²) in [6.07, 6.45) is 2.70. The van der Waals surface area contributed by atoms with E-state index in [0.717, 1.165) is 14.8 Å². The molecule has 6 nitrogen and oxygen atoms in total. The Morgan fingerprint density at radius 3 is 2.36 bits per heavy atom. The molecule has 1 saturated heterocycles. The first kappa shape index (κ1) is 19.1. The summed E-state index contributed by atoms with van der Waals surface area (Å²) in [6, 6.07) is 15.8. The monoisotopic (exact) mass is 489 g/mol. The molecule has 0 radical (unpaired) electrons. The number of likely N-dealkylation sites (tertiary alicyclic amines) is 1. The van der Waals surface area contributed by atoms with Crippen LogP contribution < -0.4 is 5.43 Å². The highest BCUT2D eigenvalue weighted by Gasteiger charge is 2.52. The predicted molar refractivity (Wildman–Crippen MR) is 114 cm³/mol. The van der Waals surface area contributed by atoms with E-state index in [-0.39, 0.29) is 11.8 Å². The number of benzene rings is 2. The van der Waals surface area contributed by atoms with E-state index in [1.54, 1.807) is 11.1 Å². The normalized spacial score (nSPS) is 25.7. The minimum absolute atomic E-state index is 0.228. The van der Waals surface area contributed by atoms with Crippen molar-refractivity contribution < 1.29 is 14.7 Å². The summed E-state index contributed by atoms with van der Waals surface area (Å²) in [6.45, 7) is 0. The first-order chi connectivity index (χ1) is 13.5. The number of carbonyl (C=O) groups is 2. The van der Waals surface area contributed by atoms with Crippen molar-refractivity contribution in [2.75, 3.05) is 12.5 Å². The summed E-state index contributed by atoms with van der Waals surface area (Å²) in [7, 11) is 1.50. The summed E-state index contributed by atoms with van der Waals surface area (Å²) in [4.78, 5) is 26.4. The van der Waals surface area contributed by atoms with Gasteiger partial charge in [-0.3, -0.25) is 14.5 Å². The van der Waals surface area contributed by atoms with Gasteiger partial charge in [-0.1, -0.05) is 42.5 Å². The highest BCUT2D eigenvalue weighted by Crippen LogP contribution is 2.35. The van der Waals surface area contributed by atoms with E-state index in [4.69, 9.17) is 0 Å². The molecule has 7 heteroatoms. The van der Waals surface area contributed by atoms with Crippen LogP contribution in [0.25, 0.3) is 0 Å². The summed E-state index contributed by atoms with van der Waals surface area (Å²) in [5.41, 5.74) is 4.79. The molecule has 144 valence electrons. The van der Waals surface area contributed by atoms with Crippen LogP contribution in [0, 0.1) is 9.49 Å². The Labute approximate surface area is 176 Å². The van der Waals surface area contributed by atoms with Crippen molar-refractivity contribution in [1.29, 1.82) is 0 Å². The second-order valence-corrected chi connectivity index (χ2v) is 8.21. The number of aliphatic hydroxyl groups is 1. The molecule has 0 bridgehead atoms. The summed E-state index contributed by atoms with van der Waals surface area (Å²) < 4.78 is 1.07. The van der Waals surface area contributed by atoms with Gasteiger partial charge in [0.2, 0.25) is 11.8 Å². The van der Waals surface area contributed by atoms with Crippen LogP contribution in [0.5, 0.6) is 0 Å². The second kappa shape index (κ2) is 7.65. The Hall–Kier alpha value is -2.23. The molecule has 0 aliphatic carbocycles. The molecule has 0 saturated carbocycles. The molecule has 1 fully saturated rings. The van der Waals surface area contributed by atoms with Gasteiger partial charge in [-0.25, -0.2) is 5.01 Å². The van der Waals surface area contributed by atoms with Gasteiger partial charge in [0.05, 0.1) is 18.1 Å². The lowest BCUT2D eigenvalue weighted by Gasteiger charge is -2.40. The number of anilines is 1.